The molecule has 0 N–H and O–H groups in total. The second-order valence-electron chi connectivity index (χ2n) is 3.92. The van der Waals surface area contributed by atoms with Gasteiger partial charge in [0.05, 0.1) is 24.2 Å². The Labute approximate surface area is 98.6 Å². The summed E-state index contributed by atoms with van der Waals surface area (Å²) in [4.78, 5) is 15.5. The predicted molar refractivity (Wildman–Crippen MR) is 60.5 cm³/mol. The maximum atomic E-state index is 11.1. The van der Waals surface area contributed by atoms with E-state index in [1.807, 2.05) is 5.38 Å². The molecule has 1 fully saturated rings. The van der Waals surface area contributed by atoms with Crippen LogP contribution in [0.5, 0.6) is 0 Å². The quantitative estimate of drug-likeness (QED) is 0.748. The Kier molecular flexibility index (Phi) is 3.90. The number of thiazole rings is 1. The molecule has 1 aromatic heterocycles. The van der Waals surface area contributed by atoms with Crippen molar-refractivity contribution in [3.8, 4) is 0 Å². The lowest BCUT2D eigenvalue weighted by molar-refractivity contribution is -0.139. The monoisotopic (exact) mass is 241 g/mol. The number of aromatic nitrogens is 1. The SMILES string of the molecule is COC(=O)Cc1csc(CC2CCOC2)n1. The highest BCUT2D eigenvalue weighted by atomic mass is 32.1. The molecular formula is C11H15NO3S. The van der Waals surface area contributed by atoms with Gasteiger partial charge in [-0.25, -0.2) is 4.98 Å². The number of esters is 1. The highest BCUT2D eigenvalue weighted by Gasteiger charge is 2.18. The third-order valence-corrected chi connectivity index (χ3v) is 3.56. The lowest BCUT2D eigenvalue weighted by Gasteiger charge is -2.02. The topological polar surface area (TPSA) is 48.4 Å². The van der Waals surface area contributed by atoms with Gasteiger partial charge in [0.1, 0.15) is 0 Å². The van der Waals surface area contributed by atoms with E-state index in [0.29, 0.717) is 5.92 Å². The summed E-state index contributed by atoms with van der Waals surface area (Å²) in [7, 11) is 1.39. The first-order chi connectivity index (χ1) is 7.78. The molecule has 88 valence electrons. The van der Waals surface area contributed by atoms with Gasteiger partial charge in [-0.2, -0.15) is 0 Å². The first-order valence-electron chi connectivity index (χ1n) is 5.35. The second-order valence-corrected chi connectivity index (χ2v) is 4.86. The maximum Gasteiger partial charge on any atom is 0.311 e. The highest BCUT2D eigenvalue weighted by Crippen LogP contribution is 2.20. The fraction of sp³-hybridized carbons (Fsp3) is 0.636. The van der Waals surface area contributed by atoms with Crippen LogP contribution >= 0.6 is 11.3 Å². The zero-order chi connectivity index (χ0) is 11.4. The zero-order valence-electron chi connectivity index (χ0n) is 9.27. The summed E-state index contributed by atoms with van der Waals surface area (Å²) in [5.74, 6) is 0.359. The fourth-order valence-corrected chi connectivity index (χ4v) is 2.65. The molecule has 1 aliphatic rings. The number of nitrogens with zero attached hydrogens (tertiary/aromatic N) is 1. The standard InChI is InChI=1S/C11H15NO3S/c1-14-11(13)5-9-7-16-10(12-9)4-8-2-3-15-6-8/h7-8H,2-6H2,1H3. The summed E-state index contributed by atoms with van der Waals surface area (Å²) in [5, 5.41) is 3.02. The van der Waals surface area contributed by atoms with Crippen molar-refractivity contribution >= 4 is 17.3 Å². The fourth-order valence-electron chi connectivity index (χ4n) is 1.74. The van der Waals surface area contributed by atoms with Gasteiger partial charge in [0.15, 0.2) is 0 Å². The summed E-state index contributed by atoms with van der Waals surface area (Å²) in [6, 6.07) is 0. The van der Waals surface area contributed by atoms with Gasteiger partial charge in [-0.05, 0) is 12.3 Å². The number of carbonyl (C=O) groups is 1. The van der Waals surface area contributed by atoms with E-state index in [9.17, 15) is 4.79 Å². The molecule has 2 rings (SSSR count). The molecule has 0 radical (unpaired) electrons. The van der Waals surface area contributed by atoms with Crippen molar-refractivity contribution in [1.82, 2.24) is 4.98 Å². The van der Waals surface area contributed by atoms with Crippen LogP contribution in [0.3, 0.4) is 0 Å². The minimum atomic E-state index is -0.235. The minimum absolute atomic E-state index is 0.235. The molecule has 4 nitrogen and oxygen atoms in total. The largest absolute Gasteiger partial charge is 0.469 e. The molecule has 0 spiro atoms. The van der Waals surface area contributed by atoms with Crippen LogP contribution in [0.15, 0.2) is 5.38 Å². The van der Waals surface area contributed by atoms with Crippen LogP contribution in [-0.2, 0) is 27.1 Å². The van der Waals surface area contributed by atoms with Gasteiger partial charge in [-0.3, -0.25) is 4.79 Å². The number of hydrogen-bond donors (Lipinski definition) is 0. The van der Waals surface area contributed by atoms with Gasteiger partial charge in [-0.1, -0.05) is 0 Å². The molecule has 1 unspecified atom stereocenters. The molecular weight excluding hydrogens is 226 g/mol. The molecule has 2 heterocycles. The minimum Gasteiger partial charge on any atom is -0.469 e. The molecule has 0 amide bonds. The Balaban J connectivity index is 1.88. The van der Waals surface area contributed by atoms with E-state index < -0.39 is 0 Å². The van der Waals surface area contributed by atoms with E-state index in [-0.39, 0.29) is 12.4 Å². The average Bonchev–Trinajstić information content (AvgIpc) is 2.91. The van der Waals surface area contributed by atoms with Crippen molar-refractivity contribution in [3.05, 3.63) is 16.1 Å². The van der Waals surface area contributed by atoms with E-state index in [0.717, 1.165) is 36.8 Å². The number of rotatable bonds is 4. The van der Waals surface area contributed by atoms with Crippen molar-refractivity contribution in [1.29, 1.82) is 0 Å². The summed E-state index contributed by atoms with van der Waals surface area (Å²) < 4.78 is 9.92. The Morgan fingerprint density at radius 1 is 1.75 bits per heavy atom. The number of methoxy groups -OCH3 is 1. The molecule has 0 saturated carbocycles. The Hall–Kier alpha value is -0.940. The average molecular weight is 241 g/mol. The summed E-state index contributed by atoms with van der Waals surface area (Å²) in [6.45, 7) is 1.71. The highest BCUT2D eigenvalue weighted by molar-refractivity contribution is 7.09. The van der Waals surface area contributed by atoms with Crippen LogP contribution in [0.4, 0.5) is 0 Å². The number of hydrogen-bond acceptors (Lipinski definition) is 5. The normalized spacial score (nSPS) is 19.9. The summed E-state index contributed by atoms with van der Waals surface area (Å²) >= 11 is 1.61. The van der Waals surface area contributed by atoms with Gasteiger partial charge in [0, 0.05) is 25.0 Å². The van der Waals surface area contributed by atoms with Crippen molar-refractivity contribution < 1.29 is 14.3 Å². The van der Waals surface area contributed by atoms with Gasteiger partial charge in [0.25, 0.3) is 0 Å². The predicted octanol–water partition coefficient (Wildman–Crippen LogP) is 1.44. The Morgan fingerprint density at radius 2 is 2.62 bits per heavy atom. The molecule has 16 heavy (non-hydrogen) atoms. The first kappa shape index (κ1) is 11.5. The molecule has 5 heteroatoms. The van der Waals surface area contributed by atoms with Crippen LogP contribution in [0.1, 0.15) is 17.1 Å². The van der Waals surface area contributed by atoms with Crippen molar-refractivity contribution in [2.24, 2.45) is 5.92 Å². The van der Waals surface area contributed by atoms with E-state index in [1.165, 1.54) is 7.11 Å². The van der Waals surface area contributed by atoms with Crippen LogP contribution in [0, 0.1) is 5.92 Å². The van der Waals surface area contributed by atoms with Crippen molar-refractivity contribution in [2.45, 2.75) is 19.3 Å². The molecule has 0 aliphatic carbocycles. The molecule has 1 aromatic rings. The van der Waals surface area contributed by atoms with Gasteiger partial charge in [-0.15, -0.1) is 11.3 Å². The smallest absolute Gasteiger partial charge is 0.311 e. The van der Waals surface area contributed by atoms with E-state index in [4.69, 9.17) is 4.74 Å². The van der Waals surface area contributed by atoms with E-state index >= 15 is 0 Å². The summed E-state index contributed by atoms with van der Waals surface area (Å²) in [5.41, 5.74) is 0.811. The van der Waals surface area contributed by atoms with Gasteiger partial charge >= 0.3 is 5.97 Å². The van der Waals surface area contributed by atoms with Crippen LogP contribution in [0.25, 0.3) is 0 Å². The zero-order valence-corrected chi connectivity index (χ0v) is 10.1. The van der Waals surface area contributed by atoms with Crippen molar-refractivity contribution in [3.63, 3.8) is 0 Å². The Bertz CT molecular complexity index is 358. The first-order valence-corrected chi connectivity index (χ1v) is 6.23. The molecule has 0 bridgehead atoms. The lowest BCUT2D eigenvalue weighted by Crippen LogP contribution is -2.06. The molecule has 1 saturated heterocycles. The lowest BCUT2D eigenvalue weighted by atomic mass is 10.1. The van der Waals surface area contributed by atoms with Crippen LogP contribution in [0.2, 0.25) is 0 Å². The Morgan fingerprint density at radius 3 is 3.31 bits per heavy atom. The van der Waals surface area contributed by atoms with E-state index in [2.05, 4.69) is 9.72 Å². The molecule has 1 aliphatic heterocycles. The molecule has 1 atom stereocenters. The summed E-state index contributed by atoms with van der Waals surface area (Å²) in [6.07, 6.45) is 2.35. The van der Waals surface area contributed by atoms with Crippen LogP contribution < -0.4 is 0 Å². The van der Waals surface area contributed by atoms with Crippen molar-refractivity contribution in [2.75, 3.05) is 20.3 Å². The molecule has 0 aromatic carbocycles. The van der Waals surface area contributed by atoms with E-state index in [1.54, 1.807) is 11.3 Å². The third-order valence-electron chi connectivity index (χ3n) is 2.64. The number of carbonyl (C=O) groups excluding carboxylic acids is 1. The van der Waals surface area contributed by atoms with Gasteiger partial charge in [0.2, 0.25) is 0 Å². The van der Waals surface area contributed by atoms with Gasteiger partial charge < -0.3 is 9.47 Å². The third kappa shape index (κ3) is 3.02. The maximum absolute atomic E-state index is 11.1. The second kappa shape index (κ2) is 5.41. The number of ether oxygens (including phenoxy) is 2. The van der Waals surface area contributed by atoms with Crippen LogP contribution in [-0.4, -0.2) is 31.3 Å².